The van der Waals surface area contributed by atoms with Crippen molar-refractivity contribution in [3.63, 3.8) is 0 Å². The SMILES string of the molecule is CC(C)(C)c1nc2c(c(=O)[nH]1)CN(Cc1ccc(-c3ccccc3OC(F)(F)F)nc1)CC2. The van der Waals surface area contributed by atoms with E-state index in [4.69, 9.17) is 0 Å². The second-order valence-electron chi connectivity index (χ2n) is 9.15. The normalized spacial score (nSPS) is 14.7. The Hall–Kier alpha value is -3.20. The van der Waals surface area contributed by atoms with E-state index in [2.05, 4.69) is 24.6 Å². The number of ether oxygens (including phenoxy) is 1. The van der Waals surface area contributed by atoms with Crippen molar-refractivity contribution in [2.75, 3.05) is 6.54 Å². The van der Waals surface area contributed by atoms with E-state index in [1.165, 1.54) is 18.2 Å². The molecule has 4 rings (SSSR count). The van der Waals surface area contributed by atoms with E-state index in [0.717, 1.165) is 17.8 Å². The zero-order chi connectivity index (χ0) is 23.8. The lowest BCUT2D eigenvalue weighted by atomic mass is 9.95. The summed E-state index contributed by atoms with van der Waals surface area (Å²) in [5.74, 6) is 0.397. The number of hydrogen-bond acceptors (Lipinski definition) is 5. The fourth-order valence-corrected chi connectivity index (χ4v) is 3.80. The second kappa shape index (κ2) is 8.62. The van der Waals surface area contributed by atoms with Crippen LogP contribution in [-0.4, -0.2) is 32.8 Å². The van der Waals surface area contributed by atoms with Crippen LogP contribution in [0.2, 0.25) is 0 Å². The molecule has 1 aliphatic heterocycles. The topological polar surface area (TPSA) is 71.1 Å². The molecule has 6 nitrogen and oxygen atoms in total. The molecule has 9 heteroatoms. The van der Waals surface area contributed by atoms with Crippen LogP contribution in [-0.2, 0) is 24.9 Å². The molecule has 3 heterocycles. The van der Waals surface area contributed by atoms with Crippen molar-refractivity contribution in [3.05, 3.63) is 75.6 Å². The molecule has 0 atom stereocenters. The molecule has 1 N–H and O–H groups in total. The third-order valence-electron chi connectivity index (χ3n) is 5.48. The molecule has 0 radical (unpaired) electrons. The number of aromatic nitrogens is 3. The Kier molecular flexibility index (Phi) is 6.00. The molecule has 3 aromatic rings. The van der Waals surface area contributed by atoms with E-state index in [-0.39, 0.29) is 22.3 Å². The number of benzene rings is 1. The molecule has 0 unspecified atom stereocenters. The maximum atomic E-state index is 12.7. The first-order valence-electron chi connectivity index (χ1n) is 10.6. The molecule has 1 aliphatic rings. The van der Waals surface area contributed by atoms with Gasteiger partial charge in [-0.15, -0.1) is 13.2 Å². The van der Waals surface area contributed by atoms with Gasteiger partial charge < -0.3 is 9.72 Å². The Balaban J connectivity index is 1.49. The van der Waals surface area contributed by atoms with Crippen LogP contribution in [0.4, 0.5) is 13.2 Å². The zero-order valence-electron chi connectivity index (χ0n) is 18.7. The molecule has 0 aliphatic carbocycles. The lowest BCUT2D eigenvalue weighted by Gasteiger charge is -2.29. The van der Waals surface area contributed by atoms with Crippen molar-refractivity contribution < 1.29 is 17.9 Å². The number of nitrogens with zero attached hydrogens (tertiary/aromatic N) is 3. The largest absolute Gasteiger partial charge is 0.573 e. The number of halogens is 3. The highest BCUT2D eigenvalue weighted by Gasteiger charge is 2.32. The van der Waals surface area contributed by atoms with Gasteiger partial charge in [-0.25, -0.2) is 4.98 Å². The van der Waals surface area contributed by atoms with Crippen LogP contribution < -0.4 is 10.3 Å². The van der Waals surface area contributed by atoms with Gasteiger partial charge >= 0.3 is 6.36 Å². The third kappa shape index (κ3) is 5.42. The van der Waals surface area contributed by atoms with E-state index in [1.807, 2.05) is 26.8 Å². The molecule has 33 heavy (non-hydrogen) atoms. The number of fused-ring (bicyclic) bond motifs is 1. The molecular formula is C24H25F3N4O2. The molecule has 0 amide bonds. The van der Waals surface area contributed by atoms with Crippen LogP contribution in [0.25, 0.3) is 11.3 Å². The Morgan fingerprint density at radius 1 is 1.12 bits per heavy atom. The first-order valence-corrected chi connectivity index (χ1v) is 10.6. The highest BCUT2D eigenvalue weighted by Crippen LogP contribution is 2.32. The number of H-pyrrole nitrogens is 1. The fraction of sp³-hybridized carbons (Fsp3) is 0.375. The van der Waals surface area contributed by atoms with Crippen molar-refractivity contribution in [2.24, 2.45) is 0 Å². The highest BCUT2D eigenvalue weighted by atomic mass is 19.4. The van der Waals surface area contributed by atoms with Gasteiger partial charge in [-0.2, -0.15) is 0 Å². The number of alkyl halides is 3. The first kappa shape index (κ1) is 23.0. The maximum absolute atomic E-state index is 12.7. The predicted octanol–water partition coefficient (Wildman–Crippen LogP) is 4.59. The maximum Gasteiger partial charge on any atom is 0.573 e. The number of nitrogens with one attached hydrogen (secondary N) is 1. The average molecular weight is 458 g/mol. The average Bonchev–Trinajstić information content (AvgIpc) is 2.73. The lowest BCUT2D eigenvalue weighted by Crippen LogP contribution is -2.37. The molecule has 0 saturated carbocycles. The van der Waals surface area contributed by atoms with Crippen LogP contribution >= 0.6 is 0 Å². The minimum absolute atomic E-state index is 0.107. The second-order valence-corrected chi connectivity index (χ2v) is 9.15. The molecular weight excluding hydrogens is 433 g/mol. The summed E-state index contributed by atoms with van der Waals surface area (Å²) in [6.45, 7) is 7.82. The van der Waals surface area contributed by atoms with Gasteiger partial charge in [0, 0.05) is 43.2 Å². The lowest BCUT2D eigenvalue weighted by molar-refractivity contribution is -0.274. The van der Waals surface area contributed by atoms with Gasteiger partial charge in [0.2, 0.25) is 0 Å². The summed E-state index contributed by atoms with van der Waals surface area (Å²) in [5.41, 5.74) is 2.73. The van der Waals surface area contributed by atoms with Gasteiger partial charge in [-0.05, 0) is 23.8 Å². The van der Waals surface area contributed by atoms with E-state index in [0.29, 0.717) is 36.6 Å². The van der Waals surface area contributed by atoms with Crippen LogP contribution in [0.5, 0.6) is 5.75 Å². The fourth-order valence-electron chi connectivity index (χ4n) is 3.80. The standard InChI is InChI=1S/C24H25F3N4O2/c1-23(2,3)22-29-19-10-11-31(14-17(19)21(32)30-22)13-15-8-9-18(28-12-15)16-6-4-5-7-20(16)33-24(25,26)27/h4-9,12H,10-11,13-14H2,1-3H3,(H,29,30,32). The van der Waals surface area contributed by atoms with Crippen molar-refractivity contribution >= 4 is 0 Å². The molecule has 2 aromatic heterocycles. The summed E-state index contributed by atoms with van der Waals surface area (Å²) < 4.78 is 42.2. The molecule has 174 valence electrons. The number of pyridine rings is 1. The molecule has 0 fully saturated rings. The van der Waals surface area contributed by atoms with E-state index >= 15 is 0 Å². The van der Waals surface area contributed by atoms with Crippen molar-refractivity contribution in [3.8, 4) is 17.0 Å². The van der Waals surface area contributed by atoms with Gasteiger partial charge in [0.05, 0.1) is 17.0 Å². The van der Waals surface area contributed by atoms with E-state index in [1.54, 1.807) is 18.3 Å². The van der Waals surface area contributed by atoms with Crippen LogP contribution in [0.15, 0.2) is 47.4 Å². The van der Waals surface area contributed by atoms with E-state index < -0.39 is 6.36 Å². The van der Waals surface area contributed by atoms with Gasteiger partial charge in [-0.1, -0.05) is 39.0 Å². The smallest absolute Gasteiger partial charge is 0.405 e. The number of hydrogen-bond donors (Lipinski definition) is 1. The van der Waals surface area contributed by atoms with E-state index in [9.17, 15) is 18.0 Å². The zero-order valence-corrected chi connectivity index (χ0v) is 18.7. The number of aromatic amines is 1. The molecule has 0 spiro atoms. The predicted molar refractivity (Wildman–Crippen MR) is 118 cm³/mol. The van der Waals surface area contributed by atoms with Gasteiger partial charge in [0.25, 0.3) is 5.56 Å². The first-order chi connectivity index (χ1) is 15.5. The Labute approximate surface area is 189 Å². The van der Waals surface area contributed by atoms with Crippen molar-refractivity contribution in [1.82, 2.24) is 19.9 Å². The van der Waals surface area contributed by atoms with Crippen LogP contribution in [0.3, 0.4) is 0 Å². The number of para-hydroxylation sites is 1. The number of rotatable bonds is 4. The summed E-state index contributed by atoms with van der Waals surface area (Å²) >= 11 is 0. The Bertz CT molecular complexity index is 1200. The van der Waals surface area contributed by atoms with Gasteiger partial charge in [0.1, 0.15) is 11.6 Å². The molecule has 0 bridgehead atoms. The Morgan fingerprint density at radius 3 is 2.55 bits per heavy atom. The minimum Gasteiger partial charge on any atom is -0.405 e. The molecule has 1 aromatic carbocycles. The quantitative estimate of drug-likeness (QED) is 0.620. The highest BCUT2D eigenvalue weighted by molar-refractivity contribution is 5.67. The molecule has 0 saturated heterocycles. The Morgan fingerprint density at radius 2 is 1.88 bits per heavy atom. The summed E-state index contributed by atoms with van der Waals surface area (Å²) in [5, 5.41) is 0. The van der Waals surface area contributed by atoms with Crippen molar-refractivity contribution in [1.29, 1.82) is 0 Å². The summed E-state index contributed by atoms with van der Waals surface area (Å²) in [6.07, 6.45) is -2.46. The van der Waals surface area contributed by atoms with Gasteiger partial charge in [0.15, 0.2) is 0 Å². The van der Waals surface area contributed by atoms with Crippen LogP contribution in [0, 0.1) is 0 Å². The third-order valence-corrected chi connectivity index (χ3v) is 5.48. The van der Waals surface area contributed by atoms with Crippen LogP contribution in [0.1, 0.15) is 43.4 Å². The monoisotopic (exact) mass is 458 g/mol. The summed E-state index contributed by atoms with van der Waals surface area (Å²) in [4.78, 5) is 26.7. The minimum atomic E-state index is -4.78. The van der Waals surface area contributed by atoms with Crippen molar-refractivity contribution in [2.45, 2.75) is 52.1 Å². The summed E-state index contributed by atoms with van der Waals surface area (Å²) in [6, 6.07) is 9.42. The summed E-state index contributed by atoms with van der Waals surface area (Å²) in [7, 11) is 0. The van der Waals surface area contributed by atoms with Gasteiger partial charge in [-0.3, -0.25) is 14.7 Å².